The van der Waals surface area contributed by atoms with E-state index in [0.717, 1.165) is 12.0 Å². The predicted octanol–water partition coefficient (Wildman–Crippen LogP) is 2.46. The van der Waals surface area contributed by atoms with Gasteiger partial charge in [-0.05, 0) is 31.4 Å². The molecular weight excluding hydrogens is 282 g/mol. The number of methoxy groups -OCH3 is 1. The van der Waals surface area contributed by atoms with Gasteiger partial charge in [0.05, 0.1) is 17.6 Å². The number of ketones is 1. The molecule has 0 saturated heterocycles. The molecule has 0 saturated carbocycles. The van der Waals surface area contributed by atoms with E-state index >= 15 is 0 Å². The van der Waals surface area contributed by atoms with E-state index in [1.54, 1.807) is 12.1 Å². The summed E-state index contributed by atoms with van der Waals surface area (Å²) in [6.45, 7) is 1.20. The number of hydrogen-bond donors (Lipinski definition) is 0. The second-order valence-electron chi connectivity index (χ2n) is 3.79. The highest BCUT2D eigenvalue weighted by atomic mass is 32.2. The van der Waals surface area contributed by atoms with Gasteiger partial charge in [-0.2, -0.15) is 0 Å². The van der Waals surface area contributed by atoms with Crippen molar-refractivity contribution in [2.24, 2.45) is 0 Å². The van der Waals surface area contributed by atoms with Crippen LogP contribution < -0.4 is 0 Å². The van der Waals surface area contributed by atoms with Crippen molar-refractivity contribution in [3.05, 3.63) is 39.4 Å². The topological polar surface area (TPSA) is 86.5 Å². The minimum atomic E-state index is -0.818. The third kappa shape index (κ3) is 3.67. The van der Waals surface area contributed by atoms with Crippen LogP contribution in [0.2, 0.25) is 0 Å². The summed E-state index contributed by atoms with van der Waals surface area (Å²) < 4.78 is 4.50. The van der Waals surface area contributed by atoms with Crippen molar-refractivity contribution in [1.29, 1.82) is 0 Å². The van der Waals surface area contributed by atoms with E-state index in [0.29, 0.717) is 0 Å². The zero-order chi connectivity index (χ0) is 15.3. The smallest absolute Gasteiger partial charge is 0.341 e. The zero-order valence-electron chi connectivity index (χ0n) is 11.2. The van der Waals surface area contributed by atoms with Crippen molar-refractivity contribution in [3.8, 4) is 0 Å². The maximum absolute atomic E-state index is 11.5. The molecule has 6 nitrogen and oxygen atoms in total. The van der Waals surface area contributed by atoms with E-state index in [1.807, 2.05) is 6.26 Å². The molecule has 0 amide bonds. The number of Topliss-reactive ketones (excluding diaryl/α,β-unsaturated/α-hetero) is 1. The molecule has 0 unspecified atom stereocenters. The minimum absolute atomic E-state index is 0.176. The highest BCUT2D eigenvalue weighted by Crippen LogP contribution is 2.27. The molecule has 0 fully saturated rings. The first-order valence-corrected chi connectivity index (χ1v) is 6.76. The van der Waals surface area contributed by atoms with Crippen molar-refractivity contribution in [2.45, 2.75) is 11.8 Å². The molecule has 20 heavy (non-hydrogen) atoms. The number of nitro groups is 1. The number of hydrogen-bond acceptors (Lipinski definition) is 6. The number of carbonyl (C=O) groups excluding carboxylic acids is 2. The van der Waals surface area contributed by atoms with E-state index in [1.165, 1.54) is 30.8 Å². The lowest BCUT2D eigenvalue weighted by Gasteiger charge is -2.04. The van der Waals surface area contributed by atoms with E-state index in [9.17, 15) is 19.7 Å². The van der Waals surface area contributed by atoms with Crippen LogP contribution in [-0.2, 0) is 14.3 Å². The van der Waals surface area contributed by atoms with Gasteiger partial charge in [0, 0.05) is 11.0 Å². The van der Waals surface area contributed by atoms with Crippen molar-refractivity contribution >= 4 is 35.3 Å². The van der Waals surface area contributed by atoms with Crippen LogP contribution in [0.4, 0.5) is 5.69 Å². The number of rotatable bonds is 5. The van der Waals surface area contributed by atoms with Crippen molar-refractivity contribution in [2.75, 3.05) is 13.4 Å². The summed E-state index contributed by atoms with van der Waals surface area (Å²) in [6.07, 6.45) is 3.01. The van der Waals surface area contributed by atoms with Gasteiger partial charge < -0.3 is 4.74 Å². The first kappa shape index (κ1) is 15.9. The van der Waals surface area contributed by atoms with Crippen LogP contribution in [-0.4, -0.2) is 30.0 Å². The Morgan fingerprint density at radius 1 is 1.40 bits per heavy atom. The van der Waals surface area contributed by atoms with Gasteiger partial charge in [0.2, 0.25) is 0 Å². The average Bonchev–Trinajstić information content (AvgIpc) is 2.42. The molecule has 0 atom stereocenters. The number of carbonyl (C=O) groups is 2. The Morgan fingerprint density at radius 3 is 2.50 bits per heavy atom. The minimum Gasteiger partial charge on any atom is -0.465 e. The molecule has 0 radical (unpaired) electrons. The van der Waals surface area contributed by atoms with Gasteiger partial charge in [0.1, 0.15) is 5.57 Å². The first-order chi connectivity index (χ1) is 9.40. The van der Waals surface area contributed by atoms with Gasteiger partial charge in [-0.3, -0.25) is 14.9 Å². The third-order valence-electron chi connectivity index (χ3n) is 2.52. The van der Waals surface area contributed by atoms with E-state index < -0.39 is 16.7 Å². The van der Waals surface area contributed by atoms with Gasteiger partial charge in [-0.25, -0.2) is 4.79 Å². The Hall–Kier alpha value is -2.15. The van der Waals surface area contributed by atoms with Gasteiger partial charge >= 0.3 is 5.97 Å². The number of ether oxygens (including phenoxy) is 1. The Balaban J connectivity index is 3.45. The standard InChI is InChI=1S/C13H13NO5S/c1-8(15)11(13(16)19-2)7-9-6-10(20-3)4-5-12(9)14(17)18/h4-7H,1-3H3/b11-7-. The van der Waals surface area contributed by atoms with Crippen LogP contribution in [0.1, 0.15) is 12.5 Å². The lowest BCUT2D eigenvalue weighted by Crippen LogP contribution is -2.11. The third-order valence-corrected chi connectivity index (χ3v) is 3.24. The van der Waals surface area contributed by atoms with Crippen LogP contribution in [0.25, 0.3) is 6.08 Å². The van der Waals surface area contributed by atoms with E-state index in [2.05, 4.69) is 4.74 Å². The first-order valence-electron chi connectivity index (χ1n) is 5.54. The molecule has 7 heteroatoms. The Kier molecular flexibility index (Phi) is 5.45. The largest absolute Gasteiger partial charge is 0.465 e. The van der Waals surface area contributed by atoms with Crippen molar-refractivity contribution in [1.82, 2.24) is 0 Å². The molecule has 0 spiro atoms. The van der Waals surface area contributed by atoms with Crippen LogP contribution in [0.15, 0.2) is 28.7 Å². The molecule has 0 aliphatic heterocycles. The molecule has 0 heterocycles. The lowest BCUT2D eigenvalue weighted by molar-refractivity contribution is -0.385. The summed E-state index contributed by atoms with van der Waals surface area (Å²) in [6, 6.07) is 4.49. The molecule has 1 aromatic carbocycles. The van der Waals surface area contributed by atoms with Crippen LogP contribution >= 0.6 is 11.8 Å². The Bertz CT molecular complexity index is 594. The summed E-state index contributed by atoms with van der Waals surface area (Å²) in [5.74, 6) is -1.33. The van der Waals surface area contributed by atoms with E-state index in [-0.39, 0.29) is 16.8 Å². The average molecular weight is 295 g/mol. The number of thioether (sulfide) groups is 1. The molecule has 0 aliphatic carbocycles. The van der Waals surface area contributed by atoms with Gasteiger partial charge in [-0.15, -0.1) is 11.8 Å². The maximum Gasteiger partial charge on any atom is 0.341 e. The Labute approximate surface area is 120 Å². The number of nitrogens with zero attached hydrogens (tertiary/aromatic N) is 1. The molecule has 0 bridgehead atoms. The highest BCUT2D eigenvalue weighted by Gasteiger charge is 2.19. The molecular formula is C13H13NO5S. The summed E-state index contributed by atoms with van der Waals surface area (Å²) in [7, 11) is 1.14. The fraction of sp³-hybridized carbons (Fsp3) is 0.231. The maximum atomic E-state index is 11.5. The molecule has 1 rings (SSSR count). The molecule has 0 N–H and O–H groups in total. The molecule has 0 aromatic heterocycles. The molecule has 0 aliphatic rings. The normalized spacial score (nSPS) is 11.1. The number of nitro benzene ring substituents is 1. The van der Waals surface area contributed by atoms with Crippen LogP contribution in [0.3, 0.4) is 0 Å². The summed E-state index contributed by atoms with van der Waals surface area (Å²) >= 11 is 1.40. The molecule has 106 valence electrons. The van der Waals surface area contributed by atoms with Crippen LogP contribution in [0.5, 0.6) is 0 Å². The number of esters is 1. The SMILES string of the molecule is COC(=O)/C(=C\c1cc(SC)ccc1[N+](=O)[O-])C(C)=O. The second kappa shape index (κ2) is 6.85. The lowest BCUT2D eigenvalue weighted by atomic mass is 10.1. The molecule has 1 aromatic rings. The van der Waals surface area contributed by atoms with Crippen LogP contribution in [0, 0.1) is 10.1 Å². The zero-order valence-corrected chi connectivity index (χ0v) is 12.0. The second-order valence-corrected chi connectivity index (χ2v) is 4.67. The van der Waals surface area contributed by atoms with E-state index in [4.69, 9.17) is 0 Å². The summed E-state index contributed by atoms with van der Waals surface area (Å²) in [5, 5.41) is 11.0. The van der Waals surface area contributed by atoms with Crippen molar-refractivity contribution < 1.29 is 19.2 Å². The van der Waals surface area contributed by atoms with Gasteiger partial charge in [0.15, 0.2) is 5.78 Å². The summed E-state index contributed by atoms with van der Waals surface area (Å²) in [4.78, 5) is 34.1. The van der Waals surface area contributed by atoms with Crippen molar-refractivity contribution in [3.63, 3.8) is 0 Å². The monoisotopic (exact) mass is 295 g/mol. The Morgan fingerprint density at radius 2 is 2.05 bits per heavy atom. The summed E-state index contributed by atoms with van der Waals surface area (Å²) in [5.41, 5.74) is -0.211. The number of benzene rings is 1. The highest BCUT2D eigenvalue weighted by molar-refractivity contribution is 7.98. The predicted molar refractivity (Wildman–Crippen MR) is 75.6 cm³/mol. The fourth-order valence-corrected chi connectivity index (χ4v) is 1.96. The van der Waals surface area contributed by atoms with Gasteiger partial charge in [-0.1, -0.05) is 0 Å². The quantitative estimate of drug-likeness (QED) is 0.158. The fourth-order valence-electron chi connectivity index (χ4n) is 1.51. The van der Waals surface area contributed by atoms with Gasteiger partial charge in [0.25, 0.3) is 5.69 Å².